The summed E-state index contributed by atoms with van der Waals surface area (Å²) in [5.41, 5.74) is 3.98. The van der Waals surface area contributed by atoms with Crippen LogP contribution in [-0.4, -0.2) is 35.4 Å². The van der Waals surface area contributed by atoms with Crippen LogP contribution in [0.5, 0.6) is 5.75 Å². The molecule has 2 aromatic rings. The van der Waals surface area contributed by atoms with Crippen molar-refractivity contribution < 1.29 is 14.3 Å². The lowest BCUT2D eigenvalue weighted by Crippen LogP contribution is -2.52. The number of aryl methyl sites for hydroxylation is 2. The summed E-state index contributed by atoms with van der Waals surface area (Å²) in [7, 11) is 0. The summed E-state index contributed by atoms with van der Waals surface area (Å²) >= 11 is 12.3. The molecular weight excluding hydrogens is 471 g/mol. The van der Waals surface area contributed by atoms with Gasteiger partial charge in [0.25, 0.3) is 5.91 Å². The molecule has 7 heteroatoms. The van der Waals surface area contributed by atoms with Gasteiger partial charge in [0.05, 0.1) is 10.0 Å². The number of rotatable bonds is 9. The Balaban J connectivity index is 1.82. The molecule has 0 radical (unpaired) electrons. The molecule has 1 aliphatic rings. The maximum absolute atomic E-state index is 13.5. The predicted molar refractivity (Wildman–Crippen MR) is 138 cm³/mol. The van der Waals surface area contributed by atoms with Gasteiger partial charge in [-0.1, -0.05) is 55.1 Å². The highest BCUT2D eigenvalue weighted by molar-refractivity contribution is 6.42. The Hall–Kier alpha value is -2.24. The van der Waals surface area contributed by atoms with Gasteiger partial charge in [-0.15, -0.1) is 0 Å². The van der Waals surface area contributed by atoms with Crippen LogP contribution in [-0.2, 0) is 16.1 Å². The number of amides is 2. The Morgan fingerprint density at radius 1 is 1.09 bits per heavy atom. The molecular formula is C27H34Cl2N2O3. The fourth-order valence-corrected chi connectivity index (χ4v) is 4.82. The molecule has 34 heavy (non-hydrogen) atoms. The van der Waals surface area contributed by atoms with Gasteiger partial charge >= 0.3 is 0 Å². The van der Waals surface area contributed by atoms with E-state index in [0.717, 1.165) is 47.9 Å². The maximum atomic E-state index is 13.5. The molecule has 0 spiro atoms. The first-order chi connectivity index (χ1) is 16.2. The van der Waals surface area contributed by atoms with Gasteiger partial charge in [0, 0.05) is 12.6 Å². The monoisotopic (exact) mass is 504 g/mol. The average Bonchev–Trinajstić information content (AvgIpc) is 3.30. The summed E-state index contributed by atoms with van der Waals surface area (Å²) in [5.74, 6) is 0.312. The van der Waals surface area contributed by atoms with Gasteiger partial charge in [0.2, 0.25) is 5.91 Å². The van der Waals surface area contributed by atoms with Gasteiger partial charge in [-0.25, -0.2) is 0 Å². The molecule has 2 aromatic carbocycles. The number of carbonyl (C=O) groups excluding carboxylic acids is 2. The Morgan fingerprint density at radius 3 is 2.44 bits per heavy atom. The van der Waals surface area contributed by atoms with Crippen LogP contribution < -0.4 is 10.1 Å². The molecule has 1 saturated carbocycles. The number of ether oxygens (including phenoxy) is 1. The third kappa shape index (κ3) is 6.67. The predicted octanol–water partition coefficient (Wildman–Crippen LogP) is 6.16. The maximum Gasteiger partial charge on any atom is 0.261 e. The smallest absolute Gasteiger partial charge is 0.261 e. The molecule has 5 nitrogen and oxygen atoms in total. The van der Waals surface area contributed by atoms with Gasteiger partial charge in [-0.3, -0.25) is 9.59 Å². The number of benzene rings is 2. The molecule has 1 atom stereocenters. The minimum absolute atomic E-state index is 0.120. The van der Waals surface area contributed by atoms with Crippen LogP contribution in [0.3, 0.4) is 0 Å². The van der Waals surface area contributed by atoms with Crippen molar-refractivity contribution in [3.63, 3.8) is 0 Å². The molecule has 3 rings (SSSR count). The first-order valence-electron chi connectivity index (χ1n) is 11.9. The molecule has 184 valence electrons. The van der Waals surface area contributed by atoms with E-state index < -0.39 is 6.04 Å². The van der Waals surface area contributed by atoms with Crippen molar-refractivity contribution >= 4 is 35.0 Å². The van der Waals surface area contributed by atoms with E-state index in [1.807, 2.05) is 39.8 Å². The van der Waals surface area contributed by atoms with Crippen LogP contribution in [0.4, 0.5) is 0 Å². The van der Waals surface area contributed by atoms with Crippen LogP contribution in [0.1, 0.15) is 61.3 Å². The molecule has 0 aliphatic heterocycles. The second-order valence-electron chi connectivity index (χ2n) is 9.18. The summed E-state index contributed by atoms with van der Waals surface area (Å²) in [4.78, 5) is 28.3. The summed E-state index contributed by atoms with van der Waals surface area (Å²) in [5, 5.41) is 4.01. The highest BCUT2D eigenvalue weighted by atomic mass is 35.5. The summed E-state index contributed by atoms with van der Waals surface area (Å²) in [6.45, 7) is 8.00. The Kier molecular flexibility index (Phi) is 9.26. The van der Waals surface area contributed by atoms with E-state index in [9.17, 15) is 9.59 Å². The molecule has 1 fully saturated rings. The largest absolute Gasteiger partial charge is 0.483 e. The molecule has 1 unspecified atom stereocenters. The highest BCUT2D eigenvalue weighted by Crippen LogP contribution is 2.26. The fraction of sp³-hybridized carbons (Fsp3) is 0.481. The molecule has 0 saturated heterocycles. The zero-order chi connectivity index (χ0) is 24.8. The molecule has 1 N–H and O–H groups in total. The first-order valence-corrected chi connectivity index (χ1v) is 12.7. The fourth-order valence-electron chi connectivity index (χ4n) is 4.49. The van der Waals surface area contributed by atoms with Crippen molar-refractivity contribution in [2.24, 2.45) is 0 Å². The first kappa shape index (κ1) is 26.4. The molecule has 0 aromatic heterocycles. The lowest BCUT2D eigenvalue weighted by Gasteiger charge is -2.31. The minimum atomic E-state index is -0.605. The van der Waals surface area contributed by atoms with E-state index in [1.165, 1.54) is 0 Å². The Labute approximate surface area is 212 Å². The lowest BCUT2D eigenvalue weighted by atomic mass is 10.1. The SMILES string of the molecule is CCC(C(=O)NC1CCCC1)N(Cc1ccc(Cl)c(Cl)c1)C(=O)COc1cc(C)cc(C)c1C. The van der Waals surface area contributed by atoms with Crippen molar-refractivity contribution in [3.8, 4) is 5.75 Å². The van der Waals surface area contributed by atoms with Gasteiger partial charge in [-0.05, 0) is 80.5 Å². The number of hydrogen-bond acceptors (Lipinski definition) is 3. The van der Waals surface area contributed by atoms with Gasteiger partial charge in [0.15, 0.2) is 6.61 Å². The third-order valence-electron chi connectivity index (χ3n) is 6.54. The Bertz CT molecular complexity index is 1030. The number of nitrogens with zero attached hydrogens (tertiary/aromatic N) is 1. The number of halogens is 2. The number of hydrogen-bond donors (Lipinski definition) is 1. The zero-order valence-corrected chi connectivity index (χ0v) is 21.9. The second kappa shape index (κ2) is 11.9. The van der Waals surface area contributed by atoms with Crippen LogP contribution in [0.15, 0.2) is 30.3 Å². The van der Waals surface area contributed by atoms with E-state index in [4.69, 9.17) is 27.9 Å². The number of carbonyl (C=O) groups is 2. The Morgan fingerprint density at radius 2 is 1.79 bits per heavy atom. The quantitative estimate of drug-likeness (QED) is 0.444. The molecule has 0 heterocycles. The van der Waals surface area contributed by atoms with Crippen molar-refractivity contribution in [2.45, 2.75) is 78.4 Å². The molecule has 1 aliphatic carbocycles. The number of nitrogens with one attached hydrogen (secondary N) is 1. The molecule has 2 amide bonds. The summed E-state index contributed by atoms with van der Waals surface area (Å²) in [6.07, 6.45) is 4.71. The van der Waals surface area contributed by atoms with Crippen molar-refractivity contribution in [1.29, 1.82) is 0 Å². The van der Waals surface area contributed by atoms with E-state index in [-0.39, 0.29) is 31.0 Å². The van der Waals surface area contributed by atoms with Crippen LogP contribution in [0.2, 0.25) is 10.0 Å². The van der Waals surface area contributed by atoms with Crippen molar-refractivity contribution in [1.82, 2.24) is 10.2 Å². The van der Waals surface area contributed by atoms with Crippen LogP contribution in [0.25, 0.3) is 0 Å². The van der Waals surface area contributed by atoms with Gasteiger partial charge in [0.1, 0.15) is 11.8 Å². The van der Waals surface area contributed by atoms with Crippen LogP contribution >= 0.6 is 23.2 Å². The van der Waals surface area contributed by atoms with Gasteiger partial charge < -0.3 is 15.0 Å². The summed E-state index contributed by atoms with van der Waals surface area (Å²) < 4.78 is 5.96. The third-order valence-corrected chi connectivity index (χ3v) is 7.28. The second-order valence-corrected chi connectivity index (χ2v) is 9.99. The van der Waals surface area contributed by atoms with Crippen molar-refractivity contribution in [3.05, 3.63) is 62.6 Å². The van der Waals surface area contributed by atoms with E-state index >= 15 is 0 Å². The highest BCUT2D eigenvalue weighted by Gasteiger charge is 2.31. The summed E-state index contributed by atoms with van der Waals surface area (Å²) in [6, 6.07) is 8.86. The topological polar surface area (TPSA) is 58.6 Å². The van der Waals surface area contributed by atoms with E-state index in [0.29, 0.717) is 22.2 Å². The molecule has 0 bridgehead atoms. The minimum Gasteiger partial charge on any atom is -0.483 e. The zero-order valence-electron chi connectivity index (χ0n) is 20.4. The normalized spacial score (nSPS) is 14.6. The van der Waals surface area contributed by atoms with Crippen molar-refractivity contribution in [2.75, 3.05) is 6.61 Å². The van der Waals surface area contributed by atoms with Gasteiger partial charge in [-0.2, -0.15) is 0 Å². The average molecular weight is 505 g/mol. The lowest BCUT2D eigenvalue weighted by molar-refractivity contribution is -0.143. The van der Waals surface area contributed by atoms with E-state index in [1.54, 1.807) is 17.0 Å². The van der Waals surface area contributed by atoms with E-state index in [2.05, 4.69) is 11.4 Å². The standard InChI is InChI=1S/C27H34Cl2N2O3/c1-5-24(27(33)30-21-8-6-7-9-21)31(15-20-10-11-22(28)23(29)14-20)26(32)16-34-25-13-17(2)12-18(3)19(25)4/h10-14,21,24H,5-9,15-16H2,1-4H3,(H,30,33). The van der Waals surface area contributed by atoms with Crippen LogP contribution in [0, 0.1) is 20.8 Å².